The van der Waals surface area contributed by atoms with Crippen molar-refractivity contribution in [3.8, 4) is 5.75 Å². The third-order valence-electron chi connectivity index (χ3n) is 3.72. The Morgan fingerprint density at radius 3 is 2.50 bits per heavy atom. The smallest absolute Gasteiger partial charge is 0.410 e. The maximum atomic E-state index is 13.5. The van der Waals surface area contributed by atoms with E-state index in [2.05, 4.69) is 0 Å². The predicted octanol–water partition coefficient (Wildman–Crippen LogP) is 3.88. The normalized spacial score (nSPS) is 17.0. The molecule has 0 N–H and O–H groups in total. The van der Waals surface area contributed by atoms with Gasteiger partial charge >= 0.3 is 6.09 Å². The molecule has 0 unspecified atom stereocenters. The molecule has 1 aliphatic heterocycles. The third kappa shape index (κ3) is 3.82. The number of carbonyl (C=O) groups excluding carboxylic acids is 1. The van der Waals surface area contributed by atoms with E-state index in [9.17, 15) is 13.6 Å². The summed E-state index contributed by atoms with van der Waals surface area (Å²) in [5.74, 6) is -1.36. The monoisotopic (exact) mass is 333 g/mol. The van der Waals surface area contributed by atoms with E-state index in [1.165, 1.54) is 6.07 Å². The minimum atomic E-state index is -0.728. The number of ether oxygens (including phenoxy) is 2. The van der Waals surface area contributed by atoms with E-state index in [0.717, 1.165) is 23.3 Å². The minimum absolute atomic E-state index is 0.00859. The summed E-state index contributed by atoms with van der Waals surface area (Å²) in [5, 5.41) is 0. The first-order valence-electron chi connectivity index (χ1n) is 7.62. The van der Waals surface area contributed by atoms with Gasteiger partial charge in [-0.15, -0.1) is 0 Å². The molecular weight excluding hydrogens is 316 g/mol. The number of cyclic esters (lactones) is 1. The van der Waals surface area contributed by atoms with Crippen molar-refractivity contribution in [3.63, 3.8) is 0 Å². The van der Waals surface area contributed by atoms with Crippen LogP contribution in [0.5, 0.6) is 5.75 Å². The first-order chi connectivity index (χ1) is 11.5. The second-order valence-electron chi connectivity index (χ2n) is 5.75. The second-order valence-corrected chi connectivity index (χ2v) is 5.75. The van der Waals surface area contributed by atoms with E-state index in [4.69, 9.17) is 9.47 Å². The quantitative estimate of drug-likeness (QED) is 0.833. The number of hydrogen-bond acceptors (Lipinski definition) is 3. The lowest BCUT2D eigenvalue weighted by Gasteiger charge is -2.13. The Bertz CT molecular complexity index is 734. The fourth-order valence-corrected chi connectivity index (χ4v) is 2.51. The molecule has 0 bridgehead atoms. The summed E-state index contributed by atoms with van der Waals surface area (Å²) in [5.41, 5.74) is 1.82. The Morgan fingerprint density at radius 1 is 1.17 bits per heavy atom. The SMILES string of the molecule is C[C@@H]1CN(Cc2ccc(COc3ccc(F)cc3F)cc2)C(=O)O1. The van der Waals surface area contributed by atoms with Gasteiger partial charge in [0.05, 0.1) is 6.54 Å². The lowest BCUT2D eigenvalue weighted by molar-refractivity contribution is 0.137. The molecule has 0 radical (unpaired) electrons. The van der Waals surface area contributed by atoms with Gasteiger partial charge in [-0.3, -0.25) is 0 Å². The van der Waals surface area contributed by atoms with Crippen LogP contribution in [0.2, 0.25) is 0 Å². The fourth-order valence-electron chi connectivity index (χ4n) is 2.51. The van der Waals surface area contributed by atoms with Crippen LogP contribution in [0.3, 0.4) is 0 Å². The molecule has 6 heteroatoms. The zero-order valence-corrected chi connectivity index (χ0v) is 13.2. The van der Waals surface area contributed by atoms with Gasteiger partial charge in [0.25, 0.3) is 0 Å². The highest BCUT2D eigenvalue weighted by atomic mass is 19.1. The van der Waals surface area contributed by atoms with Crippen LogP contribution in [-0.2, 0) is 17.9 Å². The van der Waals surface area contributed by atoms with Crippen LogP contribution in [0.15, 0.2) is 42.5 Å². The Balaban J connectivity index is 1.57. The van der Waals surface area contributed by atoms with Gasteiger partial charge in [0.1, 0.15) is 18.5 Å². The van der Waals surface area contributed by atoms with Crippen molar-refractivity contribution < 1.29 is 23.0 Å². The van der Waals surface area contributed by atoms with Crippen molar-refractivity contribution in [2.24, 2.45) is 0 Å². The molecular formula is C18H17F2NO3. The molecule has 1 fully saturated rings. The molecule has 3 rings (SSSR count). The summed E-state index contributed by atoms with van der Waals surface area (Å²) in [7, 11) is 0. The summed E-state index contributed by atoms with van der Waals surface area (Å²) in [4.78, 5) is 13.2. The molecule has 2 aromatic carbocycles. The van der Waals surface area contributed by atoms with Gasteiger partial charge in [0, 0.05) is 12.6 Å². The maximum Gasteiger partial charge on any atom is 0.410 e. The van der Waals surface area contributed by atoms with Crippen LogP contribution >= 0.6 is 0 Å². The second kappa shape index (κ2) is 6.86. The highest BCUT2D eigenvalue weighted by Crippen LogP contribution is 2.20. The van der Waals surface area contributed by atoms with Crippen molar-refractivity contribution in [1.29, 1.82) is 0 Å². The molecule has 1 atom stereocenters. The lowest BCUT2D eigenvalue weighted by Crippen LogP contribution is -2.24. The minimum Gasteiger partial charge on any atom is -0.486 e. The number of carbonyl (C=O) groups is 1. The van der Waals surface area contributed by atoms with Gasteiger partial charge in [0.2, 0.25) is 0 Å². The zero-order chi connectivity index (χ0) is 17.1. The van der Waals surface area contributed by atoms with Crippen molar-refractivity contribution in [2.75, 3.05) is 6.54 Å². The molecule has 1 heterocycles. The molecule has 126 valence electrons. The van der Waals surface area contributed by atoms with Crippen LogP contribution in [0.25, 0.3) is 0 Å². The predicted molar refractivity (Wildman–Crippen MR) is 83.5 cm³/mol. The summed E-state index contributed by atoms with van der Waals surface area (Å²) < 4.78 is 36.8. The molecule has 0 aromatic heterocycles. The highest BCUT2D eigenvalue weighted by molar-refractivity contribution is 5.69. The molecule has 2 aromatic rings. The molecule has 4 nitrogen and oxygen atoms in total. The number of benzene rings is 2. The Morgan fingerprint density at radius 2 is 1.88 bits per heavy atom. The average Bonchev–Trinajstić information content (AvgIpc) is 2.85. The summed E-state index contributed by atoms with van der Waals surface area (Å²) >= 11 is 0. The van der Waals surface area contributed by atoms with E-state index in [-0.39, 0.29) is 24.6 Å². The first-order valence-corrected chi connectivity index (χ1v) is 7.62. The molecule has 24 heavy (non-hydrogen) atoms. The maximum absolute atomic E-state index is 13.5. The summed E-state index contributed by atoms with van der Waals surface area (Å²) in [6.07, 6.45) is -0.391. The average molecular weight is 333 g/mol. The largest absolute Gasteiger partial charge is 0.486 e. The Hall–Kier alpha value is -2.63. The molecule has 1 amide bonds. The summed E-state index contributed by atoms with van der Waals surface area (Å²) in [6.45, 7) is 3.09. The van der Waals surface area contributed by atoms with E-state index in [0.29, 0.717) is 13.1 Å². The summed E-state index contributed by atoms with van der Waals surface area (Å²) in [6, 6.07) is 10.7. The first kappa shape index (κ1) is 16.2. The lowest BCUT2D eigenvalue weighted by atomic mass is 10.1. The Labute approximate surface area is 138 Å². The van der Waals surface area contributed by atoms with Crippen molar-refractivity contribution in [3.05, 3.63) is 65.2 Å². The highest BCUT2D eigenvalue weighted by Gasteiger charge is 2.27. The number of halogens is 2. The van der Waals surface area contributed by atoms with Crippen molar-refractivity contribution in [2.45, 2.75) is 26.2 Å². The van der Waals surface area contributed by atoms with Gasteiger partial charge in [-0.25, -0.2) is 13.6 Å². The third-order valence-corrected chi connectivity index (χ3v) is 3.72. The molecule has 1 aliphatic rings. The zero-order valence-electron chi connectivity index (χ0n) is 13.2. The topological polar surface area (TPSA) is 38.8 Å². The van der Waals surface area contributed by atoms with Crippen LogP contribution in [0.4, 0.5) is 13.6 Å². The van der Waals surface area contributed by atoms with Gasteiger partial charge in [-0.05, 0) is 30.2 Å². The van der Waals surface area contributed by atoms with E-state index < -0.39 is 11.6 Å². The molecule has 0 saturated carbocycles. The van der Waals surface area contributed by atoms with Gasteiger partial charge in [-0.1, -0.05) is 24.3 Å². The number of hydrogen-bond donors (Lipinski definition) is 0. The van der Waals surface area contributed by atoms with Gasteiger partial charge in [-0.2, -0.15) is 0 Å². The van der Waals surface area contributed by atoms with Crippen LogP contribution in [0.1, 0.15) is 18.1 Å². The van der Waals surface area contributed by atoms with Crippen LogP contribution < -0.4 is 4.74 Å². The van der Waals surface area contributed by atoms with Gasteiger partial charge < -0.3 is 14.4 Å². The number of nitrogens with zero attached hydrogens (tertiary/aromatic N) is 1. The van der Waals surface area contributed by atoms with E-state index in [1.54, 1.807) is 4.90 Å². The van der Waals surface area contributed by atoms with Crippen LogP contribution in [0, 0.1) is 11.6 Å². The number of rotatable bonds is 5. The van der Waals surface area contributed by atoms with Crippen molar-refractivity contribution >= 4 is 6.09 Å². The van der Waals surface area contributed by atoms with Gasteiger partial charge in [0.15, 0.2) is 11.6 Å². The number of amides is 1. The Kier molecular flexibility index (Phi) is 4.64. The van der Waals surface area contributed by atoms with Crippen molar-refractivity contribution in [1.82, 2.24) is 4.90 Å². The van der Waals surface area contributed by atoms with Crippen LogP contribution in [-0.4, -0.2) is 23.6 Å². The fraction of sp³-hybridized carbons (Fsp3) is 0.278. The van der Waals surface area contributed by atoms with E-state index in [1.807, 2.05) is 31.2 Å². The standard InChI is InChI=1S/C18H17F2NO3/c1-12-9-21(18(22)24-12)10-13-2-4-14(5-3-13)11-23-17-7-6-15(19)8-16(17)20/h2-8,12H,9-11H2,1H3/t12-/m1/s1. The molecule has 0 spiro atoms. The molecule has 1 saturated heterocycles. The molecule has 0 aliphatic carbocycles. The van der Waals surface area contributed by atoms with E-state index >= 15 is 0 Å².